The summed E-state index contributed by atoms with van der Waals surface area (Å²) in [7, 11) is 0. The van der Waals surface area contributed by atoms with Crippen LogP contribution in [0.2, 0.25) is 0 Å². The van der Waals surface area contributed by atoms with Gasteiger partial charge < -0.3 is 4.74 Å². The van der Waals surface area contributed by atoms with Crippen molar-refractivity contribution in [3.8, 4) is 0 Å². The number of ether oxygens (including phenoxy) is 1. The zero-order valence-corrected chi connectivity index (χ0v) is 10.6. The van der Waals surface area contributed by atoms with Gasteiger partial charge in [0.05, 0.1) is 12.5 Å². The summed E-state index contributed by atoms with van der Waals surface area (Å²) in [6.45, 7) is 6.63. The largest absolute Gasteiger partial charge is 0.466 e. The normalized spacial score (nSPS) is 40.6. The summed E-state index contributed by atoms with van der Waals surface area (Å²) in [5.74, 6) is -0.308. The van der Waals surface area contributed by atoms with Gasteiger partial charge in [0.15, 0.2) is 5.78 Å². The van der Waals surface area contributed by atoms with Crippen LogP contribution in [0.5, 0.6) is 0 Å². The Morgan fingerprint density at radius 1 is 1.53 bits per heavy atom. The second kappa shape index (κ2) is 3.01. The number of rotatable bonds is 2. The molecule has 0 bridgehead atoms. The molecule has 3 rings (SSSR count). The molecule has 17 heavy (non-hydrogen) atoms. The molecule has 0 N–H and O–H groups in total. The Hall–Kier alpha value is -1.12. The summed E-state index contributed by atoms with van der Waals surface area (Å²) < 4.78 is 5.10. The van der Waals surface area contributed by atoms with Crippen LogP contribution < -0.4 is 0 Å². The van der Waals surface area contributed by atoms with Crippen molar-refractivity contribution in [3.63, 3.8) is 0 Å². The van der Waals surface area contributed by atoms with Gasteiger partial charge in [0.1, 0.15) is 0 Å². The predicted octanol–water partition coefficient (Wildman–Crippen LogP) is 2.11. The van der Waals surface area contributed by atoms with Gasteiger partial charge >= 0.3 is 5.97 Å². The zero-order chi connectivity index (χ0) is 12.4. The lowest BCUT2D eigenvalue weighted by Gasteiger charge is -2.16. The highest BCUT2D eigenvalue weighted by Gasteiger charge is 2.78. The van der Waals surface area contributed by atoms with E-state index in [1.807, 2.05) is 6.92 Å². The summed E-state index contributed by atoms with van der Waals surface area (Å²) in [5, 5.41) is 0. The Labute approximate surface area is 101 Å². The van der Waals surface area contributed by atoms with Gasteiger partial charge in [-0.1, -0.05) is 19.4 Å². The summed E-state index contributed by atoms with van der Waals surface area (Å²) in [5.41, 5.74) is 1.27. The number of hydrogen-bond donors (Lipinski definition) is 0. The lowest BCUT2D eigenvalue weighted by molar-refractivity contribution is -0.146. The molecule has 0 radical (unpaired) electrons. The minimum absolute atomic E-state index is 0.0988. The fourth-order valence-electron chi connectivity index (χ4n) is 4.15. The predicted molar refractivity (Wildman–Crippen MR) is 62.2 cm³/mol. The van der Waals surface area contributed by atoms with Crippen molar-refractivity contribution in [1.29, 1.82) is 0 Å². The van der Waals surface area contributed by atoms with Gasteiger partial charge in [0, 0.05) is 11.3 Å². The second-order valence-corrected chi connectivity index (χ2v) is 6.34. The van der Waals surface area contributed by atoms with Gasteiger partial charge in [0.2, 0.25) is 0 Å². The van der Waals surface area contributed by atoms with Crippen LogP contribution in [0.4, 0.5) is 0 Å². The van der Waals surface area contributed by atoms with Gasteiger partial charge in [-0.25, -0.2) is 0 Å². The van der Waals surface area contributed by atoms with Crippen LogP contribution in [0.1, 0.15) is 33.6 Å². The second-order valence-electron chi connectivity index (χ2n) is 6.34. The summed E-state index contributed by atoms with van der Waals surface area (Å²) in [6, 6.07) is 0. The van der Waals surface area contributed by atoms with Crippen molar-refractivity contribution in [2.24, 2.45) is 22.7 Å². The van der Waals surface area contributed by atoms with Crippen LogP contribution in [0.3, 0.4) is 0 Å². The molecular formula is C14H18O3. The Morgan fingerprint density at radius 3 is 2.88 bits per heavy atom. The third-order valence-electron chi connectivity index (χ3n) is 4.54. The maximum atomic E-state index is 11.9. The van der Waals surface area contributed by atoms with Crippen LogP contribution in [-0.2, 0) is 14.3 Å². The standard InChI is InChI=1S/C14H18O3/c1-4-17-12(16)11-10-9(15)5-8-6-13(2,3)7-14(8,10)11/h5,10-11H,4,6-7H2,1-3H3/t10-,11?,14-/m0/s1. The minimum atomic E-state index is -0.184. The molecule has 3 aliphatic rings. The summed E-state index contributed by atoms with van der Waals surface area (Å²) >= 11 is 0. The number of carbonyl (C=O) groups is 2. The molecule has 3 atom stereocenters. The first kappa shape index (κ1) is 11.0. The Morgan fingerprint density at radius 2 is 2.24 bits per heavy atom. The van der Waals surface area contributed by atoms with E-state index in [0.29, 0.717) is 6.61 Å². The van der Waals surface area contributed by atoms with Crippen molar-refractivity contribution in [2.45, 2.75) is 33.6 Å². The number of hydrogen-bond acceptors (Lipinski definition) is 3. The number of carbonyl (C=O) groups excluding carboxylic acids is 2. The Kier molecular flexibility index (Phi) is 1.94. The van der Waals surface area contributed by atoms with Gasteiger partial charge in [-0.2, -0.15) is 0 Å². The average Bonchev–Trinajstić information content (AvgIpc) is 2.67. The first-order chi connectivity index (χ1) is 7.92. The smallest absolute Gasteiger partial charge is 0.310 e. The van der Waals surface area contributed by atoms with Crippen LogP contribution >= 0.6 is 0 Å². The molecule has 0 aromatic heterocycles. The topological polar surface area (TPSA) is 43.4 Å². The molecular weight excluding hydrogens is 216 g/mol. The molecule has 1 spiro atoms. The highest BCUT2D eigenvalue weighted by Crippen LogP contribution is 2.76. The van der Waals surface area contributed by atoms with Gasteiger partial charge in [-0.15, -0.1) is 0 Å². The van der Waals surface area contributed by atoms with Gasteiger partial charge in [-0.3, -0.25) is 9.59 Å². The Bertz CT molecular complexity index is 446. The average molecular weight is 234 g/mol. The van der Waals surface area contributed by atoms with Gasteiger partial charge in [0.25, 0.3) is 0 Å². The summed E-state index contributed by atoms with van der Waals surface area (Å²) in [6.07, 6.45) is 3.69. The minimum Gasteiger partial charge on any atom is -0.466 e. The number of esters is 1. The molecule has 0 amide bonds. The fourth-order valence-corrected chi connectivity index (χ4v) is 4.15. The van der Waals surface area contributed by atoms with E-state index >= 15 is 0 Å². The summed E-state index contributed by atoms with van der Waals surface area (Å²) in [4.78, 5) is 23.8. The van der Waals surface area contributed by atoms with E-state index in [-0.39, 0.29) is 34.4 Å². The van der Waals surface area contributed by atoms with E-state index in [2.05, 4.69) is 13.8 Å². The third kappa shape index (κ3) is 1.23. The first-order valence-corrected chi connectivity index (χ1v) is 6.34. The molecule has 92 valence electrons. The molecule has 0 saturated heterocycles. The van der Waals surface area contributed by atoms with Crippen LogP contribution in [0.25, 0.3) is 0 Å². The number of ketones is 1. The Balaban J connectivity index is 1.93. The van der Waals surface area contributed by atoms with E-state index in [1.54, 1.807) is 6.08 Å². The van der Waals surface area contributed by atoms with Crippen molar-refractivity contribution < 1.29 is 14.3 Å². The highest BCUT2D eigenvalue weighted by atomic mass is 16.5. The lowest BCUT2D eigenvalue weighted by atomic mass is 9.88. The van der Waals surface area contributed by atoms with Crippen molar-refractivity contribution in [3.05, 3.63) is 11.6 Å². The molecule has 3 aliphatic carbocycles. The van der Waals surface area contributed by atoms with Crippen molar-refractivity contribution in [2.75, 3.05) is 6.61 Å². The van der Waals surface area contributed by atoms with Crippen molar-refractivity contribution >= 4 is 11.8 Å². The van der Waals surface area contributed by atoms with E-state index in [0.717, 1.165) is 12.8 Å². The van der Waals surface area contributed by atoms with Crippen LogP contribution in [-0.4, -0.2) is 18.4 Å². The molecule has 0 aliphatic heterocycles. The molecule has 0 heterocycles. The van der Waals surface area contributed by atoms with E-state index in [1.165, 1.54) is 5.57 Å². The molecule has 3 nitrogen and oxygen atoms in total. The molecule has 3 heteroatoms. The van der Waals surface area contributed by atoms with Crippen LogP contribution in [0, 0.1) is 22.7 Å². The van der Waals surface area contributed by atoms with Gasteiger partial charge in [-0.05, 0) is 31.3 Å². The van der Waals surface area contributed by atoms with Crippen molar-refractivity contribution in [1.82, 2.24) is 0 Å². The quantitative estimate of drug-likeness (QED) is 0.687. The maximum absolute atomic E-state index is 11.9. The monoisotopic (exact) mass is 234 g/mol. The third-order valence-corrected chi connectivity index (χ3v) is 4.54. The SMILES string of the molecule is CCOC(=O)C1[C@@H]2C(=O)C=C3CC(C)(C)C[C@@]312. The molecule has 2 saturated carbocycles. The van der Waals surface area contributed by atoms with E-state index in [9.17, 15) is 9.59 Å². The maximum Gasteiger partial charge on any atom is 0.310 e. The lowest BCUT2D eigenvalue weighted by Crippen LogP contribution is -2.14. The molecule has 0 aromatic carbocycles. The highest BCUT2D eigenvalue weighted by molar-refractivity contribution is 6.05. The van der Waals surface area contributed by atoms with E-state index < -0.39 is 0 Å². The van der Waals surface area contributed by atoms with E-state index in [4.69, 9.17) is 4.74 Å². The molecule has 2 fully saturated rings. The zero-order valence-electron chi connectivity index (χ0n) is 10.6. The fraction of sp³-hybridized carbons (Fsp3) is 0.714. The number of allylic oxidation sites excluding steroid dienone is 2. The van der Waals surface area contributed by atoms with Crippen LogP contribution in [0.15, 0.2) is 11.6 Å². The first-order valence-electron chi connectivity index (χ1n) is 6.34. The molecule has 1 unspecified atom stereocenters. The molecule has 0 aromatic rings.